The Balaban J connectivity index is 2.52. The van der Waals surface area contributed by atoms with Crippen LogP contribution in [-0.2, 0) is 14.0 Å². The molecule has 110 valence electrons. The van der Waals surface area contributed by atoms with Crippen molar-refractivity contribution in [2.24, 2.45) is 5.92 Å². The Hall–Kier alpha value is -0.613. The van der Waals surface area contributed by atoms with Crippen molar-refractivity contribution in [1.29, 1.82) is 0 Å². The number of rotatable bonds is 5. The van der Waals surface area contributed by atoms with Gasteiger partial charge in [0.25, 0.3) is 0 Å². The Labute approximate surface area is 118 Å². The number of esters is 1. The summed E-state index contributed by atoms with van der Waals surface area (Å²) in [4.78, 5) is 10.8. The summed E-state index contributed by atoms with van der Waals surface area (Å²) >= 11 is 0. The highest BCUT2D eigenvalue weighted by Crippen LogP contribution is 2.39. The molecule has 0 aliphatic heterocycles. The van der Waals surface area contributed by atoms with Crippen LogP contribution in [0.4, 0.5) is 0 Å². The van der Waals surface area contributed by atoms with Gasteiger partial charge in [-0.05, 0) is 31.0 Å². The van der Waals surface area contributed by atoms with Gasteiger partial charge < -0.3 is 9.16 Å². The van der Waals surface area contributed by atoms with Crippen molar-refractivity contribution >= 4 is 14.3 Å². The first-order valence-corrected chi connectivity index (χ1v) is 10.0. The smallest absolute Gasteiger partial charge is 0.302 e. The Morgan fingerprint density at radius 2 is 2.00 bits per heavy atom. The van der Waals surface area contributed by atoms with Crippen molar-refractivity contribution < 1.29 is 14.0 Å². The molecule has 0 saturated heterocycles. The maximum atomic E-state index is 10.8. The van der Waals surface area contributed by atoms with Gasteiger partial charge in [-0.25, -0.2) is 0 Å². The molecule has 4 heteroatoms. The second kappa shape index (κ2) is 6.22. The topological polar surface area (TPSA) is 35.5 Å². The molecule has 0 spiro atoms. The molecular formula is C15H28O3Si. The van der Waals surface area contributed by atoms with Crippen molar-refractivity contribution in [3.8, 4) is 0 Å². The molecule has 1 rings (SSSR count). The summed E-state index contributed by atoms with van der Waals surface area (Å²) in [5.41, 5.74) is 0. The van der Waals surface area contributed by atoms with Crippen LogP contribution >= 0.6 is 0 Å². The van der Waals surface area contributed by atoms with E-state index in [1.54, 1.807) is 0 Å². The third-order valence-electron chi connectivity index (χ3n) is 4.24. The Morgan fingerprint density at radius 1 is 1.37 bits per heavy atom. The SMILES string of the molecule is CC(=O)OCCC1C=CCC1O[Si](C)(C)C(C)(C)C. The van der Waals surface area contributed by atoms with E-state index in [0.717, 1.165) is 12.8 Å². The molecule has 2 atom stereocenters. The normalized spacial score (nSPS) is 23.7. The predicted molar refractivity (Wildman–Crippen MR) is 80.6 cm³/mol. The lowest BCUT2D eigenvalue weighted by molar-refractivity contribution is -0.141. The van der Waals surface area contributed by atoms with E-state index in [2.05, 4.69) is 46.0 Å². The van der Waals surface area contributed by atoms with Gasteiger partial charge in [-0.15, -0.1) is 0 Å². The Bertz CT molecular complexity index is 342. The fourth-order valence-corrected chi connectivity index (χ4v) is 3.38. The zero-order chi connectivity index (χ0) is 14.7. The molecule has 0 aromatic carbocycles. The van der Waals surface area contributed by atoms with E-state index in [1.807, 2.05) is 0 Å². The van der Waals surface area contributed by atoms with Crippen LogP contribution in [0, 0.1) is 5.92 Å². The Kier molecular flexibility index (Phi) is 5.39. The van der Waals surface area contributed by atoms with Gasteiger partial charge in [-0.3, -0.25) is 4.79 Å². The van der Waals surface area contributed by atoms with Crippen LogP contribution < -0.4 is 0 Å². The zero-order valence-electron chi connectivity index (χ0n) is 13.2. The zero-order valence-corrected chi connectivity index (χ0v) is 14.2. The van der Waals surface area contributed by atoms with Crippen LogP contribution in [0.25, 0.3) is 0 Å². The maximum Gasteiger partial charge on any atom is 0.302 e. The van der Waals surface area contributed by atoms with Crippen molar-refractivity contribution in [2.45, 2.75) is 64.8 Å². The number of hydrogen-bond donors (Lipinski definition) is 0. The quantitative estimate of drug-likeness (QED) is 0.436. The van der Waals surface area contributed by atoms with E-state index >= 15 is 0 Å². The fraction of sp³-hybridized carbons (Fsp3) is 0.800. The molecule has 3 nitrogen and oxygen atoms in total. The van der Waals surface area contributed by atoms with Crippen molar-refractivity contribution in [3.05, 3.63) is 12.2 Å². The average Bonchev–Trinajstić information content (AvgIpc) is 2.62. The van der Waals surface area contributed by atoms with Crippen LogP contribution in [0.2, 0.25) is 18.1 Å². The van der Waals surface area contributed by atoms with E-state index in [4.69, 9.17) is 9.16 Å². The lowest BCUT2D eigenvalue weighted by Gasteiger charge is -2.39. The monoisotopic (exact) mass is 284 g/mol. The second-order valence-corrected chi connectivity index (χ2v) is 11.6. The van der Waals surface area contributed by atoms with E-state index in [-0.39, 0.29) is 17.1 Å². The summed E-state index contributed by atoms with van der Waals surface area (Å²) in [5.74, 6) is 0.178. The van der Waals surface area contributed by atoms with Crippen LogP contribution in [0.15, 0.2) is 12.2 Å². The minimum absolute atomic E-state index is 0.205. The molecule has 0 amide bonds. The highest BCUT2D eigenvalue weighted by atomic mass is 28.4. The van der Waals surface area contributed by atoms with Crippen molar-refractivity contribution in [2.75, 3.05) is 6.61 Å². The van der Waals surface area contributed by atoms with Crippen LogP contribution in [0.3, 0.4) is 0 Å². The first-order chi connectivity index (χ1) is 8.63. The third kappa shape index (κ3) is 4.77. The Morgan fingerprint density at radius 3 is 2.53 bits per heavy atom. The average molecular weight is 284 g/mol. The third-order valence-corrected chi connectivity index (χ3v) is 8.74. The maximum absolute atomic E-state index is 10.8. The van der Waals surface area contributed by atoms with Gasteiger partial charge >= 0.3 is 5.97 Å². The molecule has 2 unspecified atom stereocenters. The van der Waals surface area contributed by atoms with Crippen molar-refractivity contribution in [3.63, 3.8) is 0 Å². The molecule has 0 N–H and O–H groups in total. The minimum atomic E-state index is -1.72. The van der Waals surface area contributed by atoms with E-state index in [9.17, 15) is 4.79 Å². The molecule has 0 aromatic heterocycles. The van der Waals surface area contributed by atoms with Gasteiger partial charge in [0.15, 0.2) is 8.32 Å². The number of carbonyl (C=O) groups excluding carboxylic acids is 1. The van der Waals surface area contributed by atoms with Crippen LogP contribution in [0.1, 0.15) is 40.5 Å². The predicted octanol–water partition coefficient (Wildman–Crippen LogP) is 3.91. The lowest BCUT2D eigenvalue weighted by Crippen LogP contribution is -2.45. The highest BCUT2D eigenvalue weighted by molar-refractivity contribution is 6.74. The van der Waals surface area contributed by atoms with Crippen LogP contribution in [0.5, 0.6) is 0 Å². The summed E-state index contributed by atoms with van der Waals surface area (Å²) in [6, 6.07) is 0. The summed E-state index contributed by atoms with van der Waals surface area (Å²) in [6.45, 7) is 13.3. The van der Waals surface area contributed by atoms with Gasteiger partial charge in [-0.2, -0.15) is 0 Å². The summed E-state index contributed by atoms with van der Waals surface area (Å²) in [7, 11) is -1.72. The van der Waals surface area contributed by atoms with Gasteiger partial charge in [-0.1, -0.05) is 32.9 Å². The molecular weight excluding hydrogens is 256 g/mol. The van der Waals surface area contributed by atoms with E-state index in [1.165, 1.54) is 6.92 Å². The lowest BCUT2D eigenvalue weighted by atomic mass is 10.0. The van der Waals surface area contributed by atoms with Gasteiger partial charge in [0, 0.05) is 12.8 Å². The summed E-state index contributed by atoms with van der Waals surface area (Å²) < 4.78 is 11.5. The summed E-state index contributed by atoms with van der Waals surface area (Å²) in [6.07, 6.45) is 6.50. The van der Waals surface area contributed by atoms with E-state index < -0.39 is 8.32 Å². The largest absolute Gasteiger partial charge is 0.466 e. The number of ether oxygens (including phenoxy) is 1. The van der Waals surface area contributed by atoms with E-state index in [0.29, 0.717) is 12.5 Å². The molecule has 0 fully saturated rings. The molecule has 1 aliphatic rings. The fourth-order valence-electron chi connectivity index (χ4n) is 2.00. The molecule has 0 bridgehead atoms. The molecule has 19 heavy (non-hydrogen) atoms. The van der Waals surface area contributed by atoms with Crippen molar-refractivity contribution in [1.82, 2.24) is 0 Å². The first-order valence-electron chi connectivity index (χ1n) is 7.11. The summed E-state index contributed by atoms with van der Waals surface area (Å²) in [5, 5.41) is 0.232. The number of hydrogen-bond acceptors (Lipinski definition) is 3. The number of carbonyl (C=O) groups is 1. The minimum Gasteiger partial charge on any atom is -0.466 e. The van der Waals surface area contributed by atoms with Gasteiger partial charge in [0.05, 0.1) is 12.7 Å². The second-order valence-electron chi connectivity index (χ2n) is 6.87. The highest BCUT2D eigenvalue weighted by Gasteiger charge is 2.40. The van der Waals surface area contributed by atoms with Gasteiger partial charge in [0.2, 0.25) is 0 Å². The standard InChI is InChI=1S/C15H28O3Si/c1-12(16)17-11-10-13-8-7-9-14(13)18-19(5,6)15(2,3)4/h7-8,13-14H,9-11H2,1-6H3. The molecule has 0 aromatic rings. The molecule has 0 radical (unpaired) electrons. The molecule has 0 heterocycles. The van der Waals surface area contributed by atoms with Crippen LogP contribution in [-0.4, -0.2) is 27.0 Å². The molecule has 0 saturated carbocycles. The van der Waals surface area contributed by atoms with Gasteiger partial charge in [0.1, 0.15) is 0 Å². The molecule has 1 aliphatic carbocycles. The first kappa shape index (κ1) is 16.4.